The fourth-order valence-electron chi connectivity index (χ4n) is 2.25. The maximum Gasteiger partial charge on any atom is 0.0814 e. The van der Waals surface area contributed by atoms with Crippen molar-refractivity contribution in [1.82, 2.24) is 5.32 Å². The molecule has 1 aliphatic carbocycles. The van der Waals surface area contributed by atoms with Gasteiger partial charge in [-0.3, -0.25) is 0 Å². The van der Waals surface area contributed by atoms with Crippen LogP contribution in [0.4, 0.5) is 0 Å². The van der Waals surface area contributed by atoms with Gasteiger partial charge in [-0.2, -0.15) is 0 Å². The van der Waals surface area contributed by atoms with Crippen LogP contribution in [0.2, 0.25) is 0 Å². The first-order chi connectivity index (χ1) is 8.03. The Morgan fingerprint density at radius 2 is 1.82 bits per heavy atom. The molecule has 0 radical (unpaired) electrons. The molecule has 2 aliphatic rings. The third-order valence-corrected chi connectivity index (χ3v) is 3.63. The molecular formula is C14H27NO2. The highest BCUT2D eigenvalue weighted by atomic mass is 16.5. The van der Waals surface area contributed by atoms with Crippen LogP contribution in [0.5, 0.6) is 0 Å². The van der Waals surface area contributed by atoms with E-state index in [1.54, 1.807) is 0 Å². The predicted octanol–water partition coefficient (Wildman–Crippen LogP) is 2.49. The van der Waals surface area contributed by atoms with Crippen molar-refractivity contribution in [3.05, 3.63) is 0 Å². The van der Waals surface area contributed by atoms with Gasteiger partial charge in [0, 0.05) is 12.1 Å². The Kier molecular flexibility index (Phi) is 4.45. The third-order valence-electron chi connectivity index (χ3n) is 3.63. The van der Waals surface area contributed by atoms with Gasteiger partial charge in [-0.15, -0.1) is 0 Å². The highest BCUT2D eigenvalue weighted by Gasteiger charge is 2.28. The Morgan fingerprint density at radius 1 is 1.12 bits per heavy atom. The molecule has 2 rings (SSSR count). The molecule has 3 nitrogen and oxygen atoms in total. The molecule has 0 spiro atoms. The van der Waals surface area contributed by atoms with Gasteiger partial charge in [-0.1, -0.05) is 0 Å². The smallest absolute Gasteiger partial charge is 0.0814 e. The van der Waals surface area contributed by atoms with Gasteiger partial charge in [-0.05, 0) is 52.9 Å². The molecular weight excluding hydrogens is 214 g/mol. The molecule has 1 saturated heterocycles. The van der Waals surface area contributed by atoms with Gasteiger partial charge in [0.15, 0.2) is 0 Å². The maximum absolute atomic E-state index is 5.99. The fourth-order valence-corrected chi connectivity index (χ4v) is 2.25. The molecule has 2 unspecified atom stereocenters. The summed E-state index contributed by atoms with van der Waals surface area (Å²) in [5, 5.41) is 3.51. The van der Waals surface area contributed by atoms with Crippen LogP contribution in [-0.2, 0) is 9.47 Å². The molecule has 1 aliphatic heterocycles. The van der Waals surface area contributed by atoms with Crippen LogP contribution in [0.25, 0.3) is 0 Å². The lowest BCUT2D eigenvalue weighted by Gasteiger charge is -2.27. The first-order valence-electron chi connectivity index (χ1n) is 7.05. The number of hydrogen-bond donors (Lipinski definition) is 1. The van der Waals surface area contributed by atoms with Crippen molar-refractivity contribution >= 4 is 0 Å². The standard InChI is InChI=1S/C14H27NO2/c1-14(2,3)15-9-12-7-8-13(17-12)10-16-11-5-4-6-11/h11-13,15H,4-10H2,1-3H3. The molecule has 2 atom stereocenters. The van der Waals surface area contributed by atoms with Crippen molar-refractivity contribution in [2.45, 2.75) is 76.7 Å². The van der Waals surface area contributed by atoms with Crippen molar-refractivity contribution in [1.29, 1.82) is 0 Å². The largest absolute Gasteiger partial charge is 0.376 e. The summed E-state index contributed by atoms with van der Waals surface area (Å²) in [4.78, 5) is 0. The van der Waals surface area contributed by atoms with Crippen LogP contribution in [0.15, 0.2) is 0 Å². The zero-order valence-corrected chi connectivity index (χ0v) is 11.5. The van der Waals surface area contributed by atoms with E-state index >= 15 is 0 Å². The molecule has 0 aromatic heterocycles. The zero-order valence-electron chi connectivity index (χ0n) is 11.5. The highest BCUT2D eigenvalue weighted by Crippen LogP contribution is 2.25. The van der Waals surface area contributed by atoms with E-state index in [4.69, 9.17) is 9.47 Å². The van der Waals surface area contributed by atoms with E-state index in [0.717, 1.165) is 19.6 Å². The molecule has 3 heteroatoms. The first-order valence-corrected chi connectivity index (χ1v) is 7.05. The number of nitrogens with one attached hydrogen (secondary N) is 1. The second-order valence-electron chi connectivity index (χ2n) is 6.47. The summed E-state index contributed by atoms with van der Waals surface area (Å²) in [6.07, 6.45) is 7.42. The summed E-state index contributed by atoms with van der Waals surface area (Å²) in [7, 11) is 0. The van der Waals surface area contributed by atoms with E-state index in [9.17, 15) is 0 Å². The van der Waals surface area contributed by atoms with Gasteiger partial charge in [-0.25, -0.2) is 0 Å². The number of ether oxygens (including phenoxy) is 2. The monoisotopic (exact) mass is 241 g/mol. The molecule has 0 aromatic rings. The summed E-state index contributed by atoms with van der Waals surface area (Å²) in [6, 6.07) is 0. The van der Waals surface area contributed by atoms with E-state index in [1.807, 2.05) is 0 Å². The zero-order chi connectivity index (χ0) is 12.3. The summed E-state index contributed by atoms with van der Waals surface area (Å²) < 4.78 is 11.8. The number of rotatable bonds is 5. The summed E-state index contributed by atoms with van der Waals surface area (Å²) in [6.45, 7) is 8.34. The van der Waals surface area contributed by atoms with Crippen LogP contribution in [0.3, 0.4) is 0 Å². The van der Waals surface area contributed by atoms with Crippen LogP contribution < -0.4 is 5.32 Å². The van der Waals surface area contributed by atoms with Crippen molar-refractivity contribution < 1.29 is 9.47 Å². The average Bonchev–Trinajstić information content (AvgIpc) is 2.59. The van der Waals surface area contributed by atoms with Crippen molar-refractivity contribution in [2.75, 3.05) is 13.2 Å². The van der Waals surface area contributed by atoms with Crippen LogP contribution in [0, 0.1) is 0 Å². The molecule has 1 N–H and O–H groups in total. The van der Waals surface area contributed by atoms with Gasteiger partial charge in [0.25, 0.3) is 0 Å². The second kappa shape index (κ2) is 5.68. The normalized spacial score (nSPS) is 30.5. The molecule has 0 bridgehead atoms. The minimum Gasteiger partial charge on any atom is -0.376 e. The SMILES string of the molecule is CC(C)(C)NCC1CCC(COC2CCC2)O1. The van der Waals surface area contributed by atoms with Gasteiger partial charge in [0.1, 0.15) is 0 Å². The van der Waals surface area contributed by atoms with Gasteiger partial charge in [0.05, 0.1) is 24.9 Å². The minimum absolute atomic E-state index is 0.184. The summed E-state index contributed by atoms with van der Waals surface area (Å²) >= 11 is 0. The Labute approximate surface area is 105 Å². The first kappa shape index (κ1) is 13.3. The lowest BCUT2D eigenvalue weighted by molar-refractivity contribution is -0.0631. The van der Waals surface area contributed by atoms with Crippen molar-refractivity contribution in [2.24, 2.45) is 0 Å². The minimum atomic E-state index is 0.184. The Bertz CT molecular complexity index is 233. The van der Waals surface area contributed by atoms with E-state index in [0.29, 0.717) is 18.3 Å². The van der Waals surface area contributed by atoms with E-state index < -0.39 is 0 Å². The van der Waals surface area contributed by atoms with Gasteiger partial charge >= 0.3 is 0 Å². The van der Waals surface area contributed by atoms with E-state index in [-0.39, 0.29) is 5.54 Å². The molecule has 1 heterocycles. The maximum atomic E-state index is 5.99. The predicted molar refractivity (Wildman–Crippen MR) is 69.2 cm³/mol. The molecule has 2 fully saturated rings. The highest BCUT2D eigenvalue weighted by molar-refractivity contribution is 4.80. The van der Waals surface area contributed by atoms with Gasteiger partial charge in [0.2, 0.25) is 0 Å². The average molecular weight is 241 g/mol. The van der Waals surface area contributed by atoms with Crippen LogP contribution in [-0.4, -0.2) is 37.0 Å². The lowest BCUT2D eigenvalue weighted by atomic mass is 9.96. The van der Waals surface area contributed by atoms with E-state index in [1.165, 1.54) is 25.7 Å². The Balaban J connectivity index is 1.58. The molecule has 1 saturated carbocycles. The van der Waals surface area contributed by atoms with E-state index in [2.05, 4.69) is 26.1 Å². The molecule has 100 valence electrons. The second-order valence-corrected chi connectivity index (χ2v) is 6.47. The quantitative estimate of drug-likeness (QED) is 0.802. The van der Waals surface area contributed by atoms with Crippen LogP contribution in [0.1, 0.15) is 52.9 Å². The number of hydrogen-bond acceptors (Lipinski definition) is 3. The van der Waals surface area contributed by atoms with Crippen molar-refractivity contribution in [3.8, 4) is 0 Å². The lowest BCUT2D eigenvalue weighted by Crippen LogP contribution is -2.41. The topological polar surface area (TPSA) is 30.5 Å². The summed E-state index contributed by atoms with van der Waals surface area (Å²) in [5.41, 5.74) is 0.184. The Hall–Kier alpha value is -0.120. The third kappa shape index (κ3) is 4.57. The Morgan fingerprint density at radius 3 is 2.41 bits per heavy atom. The molecule has 0 aromatic carbocycles. The fraction of sp³-hybridized carbons (Fsp3) is 1.00. The summed E-state index contributed by atoms with van der Waals surface area (Å²) in [5.74, 6) is 0. The van der Waals surface area contributed by atoms with Gasteiger partial charge < -0.3 is 14.8 Å². The van der Waals surface area contributed by atoms with Crippen molar-refractivity contribution in [3.63, 3.8) is 0 Å². The van der Waals surface area contributed by atoms with Crippen LogP contribution >= 0.6 is 0 Å². The molecule has 17 heavy (non-hydrogen) atoms. The molecule has 0 amide bonds.